The van der Waals surface area contributed by atoms with Gasteiger partial charge in [-0.3, -0.25) is 4.79 Å². The van der Waals surface area contributed by atoms with Crippen molar-refractivity contribution in [2.24, 2.45) is 0 Å². The van der Waals surface area contributed by atoms with Gasteiger partial charge in [-0.1, -0.05) is 17.7 Å². The predicted octanol–water partition coefficient (Wildman–Crippen LogP) is 3.29. The van der Waals surface area contributed by atoms with Crippen LogP contribution >= 0.6 is 22.9 Å². The van der Waals surface area contributed by atoms with Gasteiger partial charge in [-0.05, 0) is 31.2 Å². The molecule has 2 aromatic heterocycles. The number of thiophene rings is 1. The summed E-state index contributed by atoms with van der Waals surface area (Å²) in [6, 6.07) is 9.08. The molecule has 2 heterocycles. The zero-order chi connectivity index (χ0) is 18.1. The van der Waals surface area contributed by atoms with E-state index in [1.807, 2.05) is 19.1 Å². The van der Waals surface area contributed by atoms with Crippen molar-refractivity contribution in [3.05, 3.63) is 45.9 Å². The smallest absolute Gasteiger partial charge is 0.348 e. The molecule has 0 radical (unpaired) electrons. The van der Waals surface area contributed by atoms with Gasteiger partial charge in [0.15, 0.2) is 6.61 Å². The van der Waals surface area contributed by atoms with E-state index in [0.717, 1.165) is 21.6 Å². The van der Waals surface area contributed by atoms with Gasteiger partial charge in [-0.2, -0.15) is 5.10 Å². The predicted molar refractivity (Wildman–Crippen MR) is 97.7 cm³/mol. The summed E-state index contributed by atoms with van der Waals surface area (Å²) in [5.74, 6) is -0.788. The lowest BCUT2D eigenvalue weighted by Gasteiger charge is -2.09. The van der Waals surface area contributed by atoms with Crippen molar-refractivity contribution < 1.29 is 14.3 Å². The van der Waals surface area contributed by atoms with Crippen molar-refractivity contribution in [3.63, 3.8) is 0 Å². The third kappa shape index (κ3) is 3.52. The van der Waals surface area contributed by atoms with Crippen LogP contribution in [0.25, 0.3) is 15.9 Å². The number of esters is 1. The molecule has 0 saturated heterocycles. The Morgan fingerprint density at radius 1 is 1.32 bits per heavy atom. The number of carbonyl (C=O) groups is 2. The van der Waals surface area contributed by atoms with Gasteiger partial charge < -0.3 is 9.64 Å². The third-order valence-corrected chi connectivity index (χ3v) is 4.95. The monoisotopic (exact) mass is 377 g/mol. The third-order valence-electron chi connectivity index (χ3n) is 3.62. The molecule has 1 amide bonds. The van der Waals surface area contributed by atoms with Gasteiger partial charge in [-0.15, -0.1) is 11.3 Å². The number of likely N-dealkylation sites (N-methyl/N-ethyl adjacent to an activating group) is 1. The summed E-state index contributed by atoms with van der Waals surface area (Å²) in [4.78, 5) is 26.4. The standard InChI is InChI=1S/C17H16ClN3O3S/c1-10-13-8-14(17(23)24-9-15(22)20(2)3)25-16(13)21(19-10)12-6-4-5-11(18)7-12/h4-8H,9H2,1-3H3. The Hall–Kier alpha value is -2.38. The van der Waals surface area contributed by atoms with E-state index >= 15 is 0 Å². The van der Waals surface area contributed by atoms with E-state index in [2.05, 4.69) is 5.10 Å². The van der Waals surface area contributed by atoms with Crippen molar-refractivity contribution in [2.75, 3.05) is 20.7 Å². The van der Waals surface area contributed by atoms with Crippen LogP contribution in [0.1, 0.15) is 15.4 Å². The molecule has 3 aromatic rings. The van der Waals surface area contributed by atoms with Crippen LogP contribution in [0.15, 0.2) is 30.3 Å². The number of aryl methyl sites for hydroxylation is 1. The Bertz CT molecular complexity index is 961. The zero-order valence-electron chi connectivity index (χ0n) is 13.9. The summed E-state index contributed by atoms with van der Waals surface area (Å²) in [6.07, 6.45) is 0. The topological polar surface area (TPSA) is 64.4 Å². The highest BCUT2D eigenvalue weighted by molar-refractivity contribution is 7.20. The maximum atomic E-state index is 12.2. The summed E-state index contributed by atoms with van der Waals surface area (Å²) in [5.41, 5.74) is 1.62. The number of nitrogens with zero attached hydrogens (tertiary/aromatic N) is 3. The van der Waals surface area contributed by atoms with Crippen molar-refractivity contribution in [3.8, 4) is 5.69 Å². The molecule has 8 heteroatoms. The molecule has 0 aliphatic rings. The van der Waals surface area contributed by atoms with E-state index in [9.17, 15) is 9.59 Å². The first kappa shape index (κ1) is 17.4. The highest BCUT2D eigenvalue weighted by atomic mass is 35.5. The van der Waals surface area contributed by atoms with Gasteiger partial charge in [0, 0.05) is 24.5 Å². The van der Waals surface area contributed by atoms with Crippen LogP contribution < -0.4 is 0 Å². The number of hydrogen-bond acceptors (Lipinski definition) is 5. The quantitative estimate of drug-likeness (QED) is 0.654. The average molecular weight is 378 g/mol. The largest absolute Gasteiger partial charge is 0.451 e. The summed E-state index contributed by atoms with van der Waals surface area (Å²) in [6.45, 7) is 1.60. The van der Waals surface area contributed by atoms with Gasteiger partial charge in [0.2, 0.25) is 0 Å². The maximum Gasteiger partial charge on any atom is 0.348 e. The minimum atomic E-state index is -0.520. The van der Waals surface area contributed by atoms with Crippen LogP contribution in [0.3, 0.4) is 0 Å². The highest BCUT2D eigenvalue weighted by Gasteiger charge is 2.19. The molecule has 0 saturated carbocycles. The fourth-order valence-corrected chi connectivity index (χ4v) is 3.52. The van der Waals surface area contributed by atoms with Crippen LogP contribution in [0.5, 0.6) is 0 Å². The molecule has 1 aromatic carbocycles. The average Bonchev–Trinajstić information content (AvgIpc) is 3.13. The van der Waals surface area contributed by atoms with Gasteiger partial charge >= 0.3 is 5.97 Å². The first-order chi connectivity index (χ1) is 11.9. The number of benzene rings is 1. The lowest BCUT2D eigenvalue weighted by molar-refractivity contribution is -0.131. The zero-order valence-corrected chi connectivity index (χ0v) is 15.5. The van der Waals surface area contributed by atoms with Crippen molar-refractivity contribution >= 4 is 45.0 Å². The van der Waals surface area contributed by atoms with E-state index in [1.54, 1.807) is 37.0 Å². The fourth-order valence-electron chi connectivity index (χ4n) is 2.26. The molecule has 3 rings (SSSR count). The van der Waals surface area contributed by atoms with Gasteiger partial charge in [0.25, 0.3) is 5.91 Å². The van der Waals surface area contributed by atoms with Crippen LogP contribution in [0, 0.1) is 6.92 Å². The van der Waals surface area contributed by atoms with E-state index < -0.39 is 5.97 Å². The summed E-state index contributed by atoms with van der Waals surface area (Å²) < 4.78 is 6.84. The number of amides is 1. The number of ether oxygens (including phenoxy) is 1. The summed E-state index contributed by atoms with van der Waals surface area (Å²) in [5, 5.41) is 5.99. The number of rotatable bonds is 4. The van der Waals surface area contributed by atoms with Crippen molar-refractivity contribution in [2.45, 2.75) is 6.92 Å². The molecule has 0 unspecified atom stereocenters. The second-order valence-electron chi connectivity index (χ2n) is 5.67. The normalized spacial score (nSPS) is 10.9. The second-order valence-corrected chi connectivity index (χ2v) is 7.14. The van der Waals surface area contributed by atoms with Crippen molar-refractivity contribution in [1.82, 2.24) is 14.7 Å². The molecule has 0 aliphatic carbocycles. The molecule has 0 spiro atoms. The first-order valence-corrected chi connectivity index (χ1v) is 8.68. The lowest BCUT2D eigenvalue weighted by atomic mass is 10.3. The molecule has 0 bridgehead atoms. The molecule has 0 N–H and O–H groups in total. The maximum absolute atomic E-state index is 12.2. The van der Waals surface area contributed by atoms with Gasteiger partial charge in [-0.25, -0.2) is 9.48 Å². The second kappa shape index (κ2) is 6.85. The molecule has 0 fully saturated rings. The number of fused-ring (bicyclic) bond motifs is 1. The minimum absolute atomic E-state index is 0.268. The molecule has 130 valence electrons. The highest BCUT2D eigenvalue weighted by Crippen LogP contribution is 2.31. The van der Waals surface area contributed by atoms with Gasteiger partial charge in [0.05, 0.1) is 11.4 Å². The van der Waals surface area contributed by atoms with E-state index in [1.165, 1.54) is 16.2 Å². The molecular formula is C17H16ClN3O3S. The van der Waals surface area contributed by atoms with Crippen LogP contribution in [0.2, 0.25) is 5.02 Å². The van der Waals surface area contributed by atoms with E-state index in [-0.39, 0.29) is 12.5 Å². The van der Waals surface area contributed by atoms with E-state index in [0.29, 0.717) is 9.90 Å². The summed E-state index contributed by atoms with van der Waals surface area (Å²) in [7, 11) is 3.22. The number of hydrogen-bond donors (Lipinski definition) is 0. The number of halogens is 1. The molecule has 25 heavy (non-hydrogen) atoms. The fraction of sp³-hybridized carbons (Fsp3) is 0.235. The van der Waals surface area contributed by atoms with Crippen LogP contribution in [-0.4, -0.2) is 47.3 Å². The lowest BCUT2D eigenvalue weighted by Crippen LogP contribution is -2.27. The van der Waals surface area contributed by atoms with E-state index in [4.69, 9.17) is 16.3 Å². The van der Waals surface area contributed by atoms with Gasteiger partial charge in [0.1, 0.15) is 9.71 Å². The SMILES string of the molecule is Cc1nn(-c2cccc(Cl)c2)c2sc(C(=O)OCC(=O)N(C)C)cc12. The molecule has 0 atom stereocenters. The molecule has 0 aliphatic heterocycles. The Morgan fingerprint density at radius 3 is 2.76 bits per heavy atom. The van der Waals surface area contributed by atoms with Crippen LogP contribution in [-0.2, 0) is 9.53 Å². The Balaban J connectivity index is 1.91. The minimum Gasteiger partial charge on any atom is -0.451 e. The summed E-state index contributed by atoms with van der Waals surface area (Å²) >= 11 is 7.33. The Labute approximate surface area is 153 Å². The number of carbonyl (C=O) groups excluding carboxylic acids is 2. The first-order valence-electron chi connectivity index (χ1n) is 7.49. The van der Waals surface area contributed by atoms with Crippen molar-refractivity contribution in [1.29, 1.82) is 0 Å². The Morgan fingerprint density at radius 2 is 2.08 bits per heavy atom. The van der Waals surface area contributed by atoms with Crippen LogP contribution in [0.4, 0.5) is 0 Å². The number of aromatic nitrogens is 2. The molecule has 6 nitrogen and oxygen atoms in total. The molecular weight excluding hydrogens is 362 g/mol. The Kier molecular flexibility index (Phi) is 4.78.